The van der Waals surface area contributed by atoms with Crippen molar-refractivity contribution in [1.82, 2.24) is 14.5 Å². The molecule has 2 heterocycles. The number of hydrogen-bond donors (Lipinski definition) is 1. The molecule has 0 bridgehead atoms. The van der Waals surface area contributed by atoms with Crippen LogP contribution in [0.5, 0.6) is 0 Å². The smallest absolute Gasteiger partial charge is 0.306 e. The Morgan fingerprint density at radius 1 is 0.786 bits per heavy atom. The summed E-state index contributed by atoms with van der Waals surface area (Å²) in [5.74, 6) is 0. The van der Waals surface area contributed by atoms with Gasteiger partial charge < -0.3 is 4.98 Å². The topological polar surface area (TPSA) is 67.8 Å². The predicted octanol–water partition coefficient (Wildman–Crippen LogP) is 3.89. The molecule has 0 spiro atoms. The third-order valence-electron chi connectivity index (χ3n) is 4.90. The Labute approximate surface area is 159 Å². The molecule has 0 aliphatic heterocycles. The number of aromatic nitrogens is 3. The zero-order chi connectivity index (χ0) is 19.1. The van der Waals surface area contributed by atoms with Crippen molar-refractivity contribution in [1.29, 1.82) is 0 Å². The van der Waals surface area contributed by atoms with Gasteiger partial charge in [0.1, 0.15) is 0 Å². The average molecular weight is 365 g/mol. The zero-order valence-corrected chi connectivity index (χ0v) is 14.8. The fraction of sp³-hybridized carbons (Fsp3) is 0. The molecule has 0 fully saturated rings. The maximum atomic E-state index is 13.2. The van der Waals surface area contributed by atoms with Crippen LogP contribution < -0.4 is 11.2 Å². The molecular weight excluding hydrogens is 350 g/mol. The lowest BCUT2D eigenvalue weighted by molar-refractivity contribution is 0.908. The zero-order valence-electron chi connectivity index (χ0n) is 14.8. The highest BCUT2D eigenvalue weighted by Gasteiger charge is 2.12. The van der Waals surface area contributed by atoms with Crippen LogP contribution in [0.4, 0.5) is 0 Å². The summed E-state index contributed by atoms with van der Waals surface area (Å²) >= 11 is 0. The molecular formula is C23H15N3O2. The second-order valence-electron chi connectivity index (χ2n) is 6.57. The van der Waals surface area contributed by atoms with Crippen LogP contribution in [0.15, 0.2) is 94.8 Å². The van der Waals surface area contributed by atoms with Crippen LogP contribution in [0.1, 0.15) is 0 Å². The van der Waals surface area contributed by atoms with Gasteiger partial charge in [-0.05, 0) is 35.2 Å². The first-order valence-corrected chi connectivity index (χ1v) is 8.90. The van der Waals surface area contributed by atoms with Gasteiger partial charge in [-0.1, -0.05) is 48.5 Å². The lowest BCUT2D eigenvalue weighted by Gasteiger charge is -2.10. The van der Waals surface area contributed by atoms with Gasteiger partial charge in [0, 0.05) is 23.3 Å². The van der Waals surface area contributed by atoms with Gasteiger partial charge in [0.05, 0.1) is 16.6 Å². The molecule has 0 unspecified atom stereocenters. The number of aromatic amines is 1. The third kappa shape index (κ3) is 2.53. The summed E-state index contributed by atoms with van der Waals surface area (Å²) in [6.45, 7) is 0. The summed E-state index contributed by atoms with van der Waals surface area (Å²) < 4.78 is 1.20. The van der Waals surface area contributed by atoms with Crippen molar-refractivity contribution in [2.24, 2.45) is 0 Å². The highest BCUT2D eigenvalue weighted by atomic mass is 16.2. The van der Waals surface area contributed by atoms with E-state index in [0.29, 0.717) is 16.6 Å². The molecule has 0 aliphatic carbocycles. The quantitative estimate of drug-likeness (QED) is 0.516. The van der Waals surface area contributed by atoms with Crippen molar-refractivity contribution < 1.29 is 0 Å². The van der Waals surface area contributed by atoms with Crippen LogP contribution in [-0.2, 0) is 0 Å². The van der Waals surface area contributed by atoms with Gasteiger partial charge in [0.15, 0.2) is 0 Å². The Hall–Kier alpha value is -3.99. The molecule has 2 aromatic heterocycles. The number of H-pyrrole nitrogens is 1. The number of nitrogens with zero attached hydrogens (tertiary/aromatic N) is 2. The normalized spacial score (nSPS) is 11.1. The minimum atomic E-state index is -0.461. The van der Waals surface area contributed by atoms with E-state index in [4.69, 9.17) is 0 Å². The van der Waals surface area contributed by atoms with Gasteiger partial charge in [0.25, 0.3) is 5.56 Å². The first kappa shape index (κ1) is 16.2. The van der Waals surface area contributed by atoms with Gasteiger partial charge >= 0.3 is 5.69 Å². The monoisotopic (exact) mass is 365 g/mol. The molecule has 0 atom stereocenters. The Balaban J connectivity index is 1.78. The van der Waals surface area contributed by atoms with Crippen LogP contribution >= 0.6 is 0 Å². The fourth-order valence-electron chi connectivity index (χ4n) is 3.55. The molecule has 5 aromatic rings. The highest BCUT2D eigenvalue weighted by molar-refractivity contribution is 5.91. The van der Waals surface area contributed by atoms with E-state index in [2.05, 4.69) is 9.97 Å². The lowest BCUT2D eigenvalue weighted by Crippen LogP contribution is -2.33. The van der Waals surface area contributed by atoms with E-state index in [1.54, 1.807) is 24.5 Å². The van der Waals surface area contributed by atoms with E-state index in [1.165, 1.54) is 4.57 Å². The number of hydrogen-bond acceptors (Lipinski definition) is 3. The molecule has 0 radical (unpaired) electrons. The molecule has 0 amide bonds. The van der Waals surface area contributed by atoms with Crippen molar-refractivity contribution >= 4 is 21.7 Å². The SMILES string of the molecule is O=c1[nH]c2cc(-c3cccnc3)ccc2c(=O)n1-c1cccc2ccccc12. The summed E-state index contributed by atoms with van der Waals surface area (Å²) in [6, 6.07) is 22.5. The van der Waals surface area contributed by atoms with Crippen molar-refractivity contribution in [2.45, 2.75) is 0 Å². The summed E-state index contributed by atoms with van der Waals surface area (Å²) in [4.78, 5) is 33.0. The van der Waals surface area contributed by atoms with Gasteiger partial charge in [-0.2, -0.15) is 0 Å². The van der Waals surface area contributed by atoms with E-state index in [1.807, 2.05) is 60.7 Å². The van der Waals surface area contributed by atoms with Gasteiger partial charge in [-0.3, -0.25) is 9.78 Å². The molecule has 3 aromatic carbocycles. The average Bonchev–Trinajstić information content (AvgIpc) is 2.74. The second-order valence-corrected chi connectivity index (χ2v) is 6.57. The molecule has 134 valence electrons. The largest absolute Gasteiger partial charge is 0.333 e. The van der Waals surface area contributed by atoms with E-state index in [0.717, 1.165) is 21.9 Å². The van der Waals surface area contributed by atoms with Crippen molar-refractivity contribution in [3.8, 4) is 16.8 Å². The molecule has 0 aliphatic rings. The molecule has 0 saturated carbocycles. The van der Waals surface area contributed by atoms with E-state index < -0.39 is 5.69 Å². The maximum Gasteiger partial charge on any atom is 0.333 e. The minimum absolute atomic E-state index is 0.340. The summed E-state index contributed by atoms with van der Waals surface area (Å²) in [5, 5.41) is 2.28. The van der Waals surface area contributed by atoms with Crippen LogP contribution in [0, 0.1) is 0 Å². The Morgan fingerprint density at radius 2 is 1.64 bits per heavy atom. The number of nitrogens with one attached hydrogen (secondary N) is 1. The van der Waals surface area contributed by atoms with E-state index in [-0.39, 0.29) is 5.56 Å². The van der Waals surface area contributed by atoms with Crippen molar-refractivity contribution in [2.75, 3.05) is 0 Å². The number of rotatable bonds is 2. The second kappa shape index (κ2) is 6.32. The summed E-state index contributed by atoms with van der Waals surface area (Å²) in [6.07, 6.45) is 3.45. The Bertz CT molecular complexity index is 1440. The minimum Gasteiger partial charge on any atom is -0.306 e. The van der Waals surface area contributed by atoms with Crippen LogP contribution in [-0.4, -0.2) is 14.5 Å². The maximum absolute atomic E-state index is 13.2. The number of fused-ring (bicyclic) bond motifs is 2. The van der Waals surface area contributed by atoms with Crippen molar-refractivity contribution in [3.63, 3.8) is 0 Å². The third-order valence-corrected chi connectivity index (χ3v) is 4.90. The standard InChI is InChI=1S/C23H15N3O2/c27-22-19-11-10-16(17-7-4-12-24-14-17)13-20(19)25-23(28)26(22)21-9-3-6-15-5-1-2-8-18(15)21/h1-14H,(H,25,28). The Kier molecular flexibility index (Phi) is 3.66. The van der Waals surface area contributed by atoms with Gasteiger partial charge in [0.2, 0.25) is 0 Å². The van der Waals surface area contributed by atoms with Crippen LogP contribution in [0.25, 0.3) is 38.5 Å². The molecule has 5 heteroatoms. The summed E-state index contributed by atoms with van der Waals surface area (Å²) in [7, 11) is 0. The number of benzene rings is 3. The molecule has 5 rings (SSSR count). The van der Waals surface area contributed by atoms with E-state index >= 15 is 0 Å². The fourth-order valence-corrected chi connectivity index (χ4v) is 3.55. The first-order valence-electron chi connectivity index (χ1n) is 8.90. The molecule has 28 heavy (non-hydrogen) atoms. The van der Waals surface area contributed by atoms with Crippen molar-refractivity contribution in [3.05, 3.63) is 106 Å². The lowest BCUT2D eigenvalue weighted by atomic mass is 10.1. The van der Waals surface area contributed by atoms with Crippen LogP contribution in [0.2, 0.25) is 0 Å². The molecule has 0 saturated heterocycles. The molecule has 1 N–H and O–H groups in total. The Morgan fingerprint density at radius 3 is 2.50 bits per heavy atom. The number of pyridine rings is 1. The molecule has 5 nitrogen and oxygen atoms in total. The highest BCUT2D eigenvalue weighted by Crippen LogP contribution is 2.23. The van der Waals surface area contributed by atoms with Gasteiger partial charge in [-0.25, -0.2) is 9.36 Å². The van der Waals surface area contributed by atoms with Crippen LogP contribution in [0.3, 0.4) is 0 Å². The van der Waals surface area contributed by atoms with E-state index in [9.17, 15) is 9.59 Å². The van der Waals surface area contributed by atoms with Gasteiger partial charge in [-0.15, -0.1) is 0 Å². The predicted molar refractivity (Wildman–Crippen MR) is 111 cm³/mol. The summed E-state index contributed by atoms with van der Waals surface area (Å²) in [5.41, 5.74) is 2.09. The first-order chi connectivity index (χ1) is 13.7.